The van der Waals surface area contributed by atoms with Crippen molar-refractivity contribution >= 4 is 17.7 Å². The van der Waals surface area contributed by atoms with Crippen LogP contribution in [0.15, 0.2) is 0 Å². The molecular weight excluding hydrogens is 210 g/mol. The van der Waals surface area contributed by atoms with Crippen LogP contribution in [-0.2, 0) is 14.4 Å². The Morgan fingerprint density at radius 1 is 1.69 bits per heavy atom. The van der Waals surface area contributed by atoms with E-state index < -0.39 is 23.8 Å². The minimum absolute atomic E-state index is 0.208. The summed E-state index contributed by atoms with van der Waals surface area (Å²) in [5.74, 6) is -2.04. The Hall–Kier alpha value is -1.90. The summed E-state index contributed by atoms with van der Waals surface area (Å²) in [4.78, 5) is 33.7. The standard InChI is InChI=1S/C10H13N3O3/c1-2-6(5-11)9(15)12-7-3-4-8(14)13-10(7)16/h6-7H,2-4H2,1H3,(H,12,15)(H,13,14,16). The molecule has 2 N–H and O–H groups in total. The first kappa shape index (κ1) is 12.2. The Morgan fingerprint density at radius 2 is 2.38 bits per heavy atom. The Bertz CT molecular complexity index is 359. The molecule has 0 aromatic carbocycles. The first-order valence-corrected chi connectivity index (χ1v) is 5.12. The predicted molar refractivity (Wildman–Crippen MR) is 53.7 cm³/mol. The van der Waals surface area contributed by atoms with Gasteiger partial charge in [-0.25, -0.2) is 0 Å². The SMILES string of the molecule is CCC(C#N)C(=O)NC1CCC(=O)NC1=O. The van der Waals surface area contributed by atoms with Gasteiger partial charge in [0.1, 0.15) is 12.0 Å². The van der Waals surface area contributed by atoms with E-state index in [0.717, 1.165) is 0 Å². The van der Waals surface area contributed by atoms with Crippen molar-refractivity contribution in [2.75, 3.05) is 0 Å². The molecule has 1 fully saturated rings. The number of carbonyl (C=O) groups is 3. The van der Waals surface area contributed by atoms with Crippen molar-refractivity contribution < 1.29 is 14.4 Å². The maximum Gasteiger partial charge on any atom is 0.249 e. The number of carbonyl (C=O) groups excluding carboxylic acids is 3. The fourth-order valence-corrected chi connectivity index (χ4v) is 1.44. The third-order valence-electron chi connectivity index (χ3n) is 2.44. The minimum atomic E-state index is -0.745. The highest BCUT2D eigenvalue weighted by Crippen LogP contribution is 2.07. The molecule has 0 aromatic rings. The molecular formula is C10H13N3O3. The van der Waals surface area contributed by atoms with E-state index in [1.807, 2.05) is 6.07 Å². The zero-order valence-electron chi connectivity index (χ0n) is 8.95. The van der Waals surface area contributed by atoms with Gasteiger partial charge < -0.3 is 5.32 Å². The first-order valence-electron chi connectivity index (χ1n) is 5.12. The van der Waals surface area contributed by atoms with Gasteiger partial charge in [0, 0.05) is 6.42 Å². The zero-order valence-corrected chi connectivity index (χ0v) is 8.95. The van der Waals surface area contributed by atoms with E-state index in [0.29, 0.717) is 6.42 Å². The van der Waals surface area contributed by atoms with Gasteiger partial charge in [-0.15, -0.1) is 0 Å². The lowest BCUT2D eigenvalue weighted by atomic mass is 10.0. The average Bonchev–Trinajstić information content (AvgIpc) is 2.24. The van der Waals surface area contributed by atoms with Crippen molar-refractivity contribution in [3.63, 3.8) is 0 Å². The Morgan fingerprint density at radius 3 is 2.88 bits per heavy atom. The number of hydrogen-bond donors (Lipinski definition) is 2. The van der Waals surface area contributed by atoms with E-state index >= 15 is 0 Å². The van der Waals surface area contributed by atoms with Gasteiger partial charge in [-0.2, -0.15) is 5.26 Å². The molecule has 0 spiro atoms. The number of piperidine rings is 1. The summed E-state index contributed by atoms with van der Waals surface area (Å²) in [5, 5.41) is 13.3. The molecule has 3 amide bonds. The van der Waals surface area contributed by atoms with Gasteiger partial charge in [0.05, 0.1) is 6.07 Å². The van der Waals surface area contributed by atoms with Gasteiger partial charge in [0.15, 0.2) is 0 Å². The van der Waals surface area contributed by atoms with Crippen molar-refractivity contribution in [2.24, 2.45) is 5.92 Å². The Kier molecular flexibility index (Phi) is 4.00. The summed E-state index contributed by atoms with van der Waals surface area (Å²) in [6.07, 6.45) is 0.897. The second kappa shape index (κ2) is 5.26. The second-order valence-corrected chi connectivity index (χ2v) is 3.60. The van der Waals surface area contributed by atoms with Gasteiger partial charge in [0.25, 0.3) is 0 Å². The number of hydrogen-bond acceptors (Lipinski definition) is 4. The van der Waals surface area contributed by atoms with Gasteiger partial charge in [-0.05, 0) is 12.8 Å². The summed E-state index contributed by atoms with van der Waals surface area (Å²) in [7, 11) is 0. The molecule has 2 atom stereocenters. The van der Waals surface area contributed by atoms with Crippen molar-refractivity contribution in [3.05, 3.63) is 0 Å². The van der Waals surface area contributed by atoms with E-state index in [4.69, 9.17) is 5.26 Å². The topological polar surface area (TPSA) is 99.1 Å². The normalized spacial score (nSPS) is 21.9. The highest BCUT2D eigenvalue weighted by Gasteiger charge is 2.29. The van der Waals surface area contributed by atoms with Crippen LogP contribution < -0.4 is 10.6 Å². The fourth-order valence-electron chi connectivity index (χ4n) is 1.44. The lowest BCUT2D eigenvalue weighted by Crippen LogP contribution is -2.53. The van der Waals surface area contributed by atoms with Gasteiger partial charge in [0.2, 0.25) is 17.7 Å². The van der Waals surface area contributed by atoms with Gasteiger partial charge in [-0.3, -0.25) is 19.7 Å². The fraction of sp³-hybridized carbons (Fsp3) is 0.600. The molecule has 0 aromatic heterocycles. The number of rotatable bonds is 3. The molecule has 16 heavy (non-hydrogen) atoms. The van der Waals surface area contributed by atoms with Gasteiger partial charge >= 0.3 is 0 Å². The van der Waals surface area contributed by atoms with E-state index in [1.165, 1.54) is 0 Å². The molecule has 1 aliphatic heterocycles. The van der Waals surface area contributed by atoms with Crippen LogP contribution in [0.25, 0.3) is 0 Å². The van der Waals surface area contributed by atoms with Crippen LogP contribution >= 0.6 is 0 Å². The Balaban J connectivity index is 2.55. The second-order valence-electron chi connectivity index (χ2n) is 3.60. The minimum Gasteiger partial charge on any atom is -0.343 e. The summed E-state index contributed by atoms with van der Waals surface area (Å²) < 4.78 is 0. The van der Waals surface area contributed by atoms with Crippen LogP contribution in [-0.4, -0.2) is 23.8 Å². The largest absolute Gasteiger partial charge is 0.343 e. The van der Waals surface area contributed by atoms with Crippen molar-refractivity contribution in [1.82, 2.24) is 10.6 Å². The summed E-state index contributed by atoms with van der Waals surface area (Å²) in [5.41, 5.74) is 0. The molecule has 0 aliphatic carbocycles. The lowest BCUT2D eigenvalue weighted by molar-refractivity contribution is -0.137. The predicted octanol–water partition coefficient (Wildman–Crippen LogP) is -0.542. The molecule has 1 rings (SSSR count). The molecule has 0 bridgehead atoms. The Labute approximate surface area is 93.0 Å². The van der Waals surface area contributed by atoms with E-state index in [2.05, 4.69) is 10.6 Å². The maximum atomic E-state index is 11.5. The lowest BCUT2D eigenvalue weighted by Gasteiger charge is -2.22. The highest BCUT2D eigenvalue weighted by atomic mass is 16.2. The molecule has 6 heteroatoms. The molecule has 1 aliphatic rings. The van der Waals surface area contributed by atoms with Crippen molar-refractivity contribution in [3.8, 4) is 6.07 Å². The van der Waals surface area contributed by atoms with Gasteiger partial charge in [-0.1, -0.05) is 6.92 Å². The van der Waals surface area contributed by atoms with Crippen LogP contribution in [0.4, 0.5) is 0 Å². The summed E-state index contributed by atoms with van der Waals surface area (Å²) in [6, 6.07) is 1.15. The third-order valence-corrected chi connectivity index (χ3v) is 2.44. The molecule has 6 nitrogen and oxygen atoms in total. The van der Waals surface area contributed by atoms with Crippen LogP contribution in [0.1, 0.15) is 26.2 Å². The number of nitrogens with zero attached hydrogens (tertiary/aromatic N) is 1. The number of nitrogens with one attached hydrogen (secondary N) is 2. The zero-order chi connectivity index (χ0) is 12.1. The van der Waals surface area contributed by atoms with Crippen molar-refractivity contribution in [1.29, 1.82) is 5.26 Å². The summed E-state index contributed by atoms with van der Waals surface area (Å²) >= 11 is 0. The van der Waals surface area contributed by atoms with Crippen LogP contribution in [0.5, 0.6) is 0 Å². The number of nitriles is 1. The quantitative estimate of drug-likeness (QED) is 0.627. The van der Waals surface area contributed by atoms with Crippen LogP contribution in [0, 0.1) is 17.2 Å². The highest BCUT2D eigenvalue weighted by molar-refractivity contribution is 6.01. The number of imide groups is 1. The van der Waals surface area contributed by atoms with Crippen LogP contribution in [0.2, 0.25) is 0 Å². The summed E-state index contributed by atoms with van der Waals surface area (Å²) in [6.45, 7) is 1.72. The van der Waals surface area contributed by atoms with Crippen molar-refractivity contribution in [2.45, 2.75) is 32.2 Å². The molecule has 1 heterocycles. The van der Waals surface area contributed by atoms with E-state index in [1.54, 1.807) is 6.92 Å². The number of amides is 3. The first-order chi connectivity index (χ1) is 7.58. The maximum absolute atomic E-state index is 11.5. The molecule has 2 unspecified atom stereocenters. The average molecular weight is 223 g/mol. The molecule has 1 saturated heterocycles. The molecule has 86 valence electrons. The third kappa shape index (κ3) is 2.79. The molecule has 0 saturated carbocycles. The monoisotopic (exact) mass is 223 g/mol. The van der Waals surface area contributed by atoms with E-state index in [-0.39, 0.29) is 18.7 Å². The van der Waals surface area contributed by atoms with E-state index in [9.17, 15) is 14.4 Å². The molecule has 0 radical (unpaired) electrons. The smallest absolute Gasteiger partial charge is 0.249 e. The van der Waals surface area contributed by atoms with Crippen LogP contribution in [0.3, 0.4) is 0 Å².